The summed E-state index contributed by atoms with van der Waals surface area (Å²) in [4.78, 5) is 17.0. The van der Waals surface area contributed by atoms with Gasteiger partial charge in [-0.2, -0.15) is 0 Å². The topological polar surface area (TPSA) is 89.3 Å². The SMILES string of the molecule is Cc1ccc(C(=O)Nc2ccc(NCCc3csc(N)n3)cc2)c(OC(C)C)c1. The Hall–Kier alpha value is -3.06. The van der Waals surface area contributed by atoms with E-state index in [-0.39, 0.29) is 12.0 Å². The molecule has 1 amide bonds. The molecule has 0 atom stereocenters. The smallest absolute Gasteiger partial charge is 0.259 e. The second kappa shape index (κ2) is 9.43. The highest BCUT2D eigenvalue weighted by atomic mass is 32.1. The standard InChI is InChI=1S/C22H26N4O2S/c1-14(2)28-20-12-15(3)4-9-19(20)21(27)25-17-7-5-16(6-8-17)24-11-10-18-13-29-22(23)26-18/h4-9,12-14,24H,10-11H2,1-3H3,(H2,23,26)(H,25,27). The number of rotatable bonds is 8. The molecule has 4 N–H and O–H groups in total. The number of carbonyl (C=O) groups excluding carboxylic acids is 1. The summed E-state index contributed by atoms with van der Waals surface area (Å²) in [6.45, 7) is 6.62. The van der Waals surface area contributed by atoms with Crippen LogP contribution in [0.1, 0.15) is 35.5 Å². The van der Waals surface area contributed by atoms with Crippen LogP contribution in [0.5, 0.6) is 5.75 Å². The van der Waals surface area contributed by atoms with Crippen LogP contribution in [-0.2, 0) is 6.42 Å². The van der Waals surface area contributed by atoms with E-state index in [0.717, 1.165) is 35.6 Å². The van der Waals surface area contributed by atoms with Gasteiger partial charge in [0, 0.05) is 29.7 Å². The second-order valence-corrected chi connectivity index (χ2v) is 7.94. The predicted octanol–water partition coefficient (Wildman–Crippen LogP) is 4.73. The molecule has 0 fully saturated rings. The number of aromatic nitrogens is 1. The van der Waals surface area contributed by atoms with Crippen LogP contribution >= 0.6 is 11.3 Å². The lowest BCUT2D eigenvalue weighted by Crippen LogP contribution is -2.16. The van der Waals surface area contributed by atoms with Gasteiger partial charge in [-0.3, -0.25) is 4.79 Å². The molecule has 3 rings (SSSR count). The molecule has 0 unspecified atom stereocenters. The number of carbonyl (C=O) groups is 1. The van der Waals surface area contributed by atoms with E-state index in [4.69, 9.17) is 10.5 Å². The van der Waals surface area contributed by atoms with Crippen molar-refractivity contribution in [1.29, 1.82) is 0 Å². The molecule has 0 saturated carbocycles. The maximum absolute atomic E-state index is 12.7. The molecular formula is C22H26N4O2S. The van der Waals surface area contributed by atoms with Gasteiger partial charge in [-0.05, 0) is 62.7 Å². The van der Waals surface area contributed by atoms with Gasteiger partial charge in [0.05, 0.1) is 17.4 Å². The van der Waals surface area contributed by atoms with Crippen LogP contribution in [0.4, 0.5) is 16.5 Å². The van der Waals surface area contributed by atoms with E-state index in [1.165, 1.54) is 11.3 Å². The second-order valence-electron chi connectivity index (χ2n) is 7.05. The average Bonchev–Trinajstić information content (AvgIpc) is 3.08. The summed E-state index contributed by atoms with van der Waals surface area (Å²) < 4.78 is 5.80. The number of nitrogen functional groups attached to an aromatic ring is 1. The monoisotopic (exact) mass is 410 g/mol. The van der Waals surface area contributed by atoms with Gasteiger partial charge >= 0.3 is 0 Å². The number of hydrogen-bond acceptors (Lipinski definition) is 6. The predicted molar refractivity (Wildman–Crippen MR) is 120 cm³/mol. The van der Waals surface area contributed by atoms with Crippen molar-refractivity contribution in [2.24, 2.45) is 0 Å². The first-order valence-corrected chi connectivity index (χ1v) is 10.4. The Balaban J connectivity index is 1.58. The highest BCUT2D eigenvalue weighted by molar-refractivity contribution is 7.13. The normalized spacial score (nSPS) is 10.8. The van der Waals surface area contributed by atoms with E-state index in [9.17, 15) is 4.79 Å². The van der Waals surface area contributed by atoms with Gasteiger partial charge in [-0.1, -0.05) is 6.07 Å². The number of benzene rings is 2. The van der Waals surface area contributed by atoms with Crippen LogP contribution < -0.4 is 21.1 Å². The van der Waals surface area contributed by atoms with Crippen molar-refractivity contribution in [2.45, 2.75) is 33.3 Å². The maximum Gasteiger partial charge on any atom is 0.259 e. The van der Waals surface area contributed by atoms with Crippen molar-refractivity contribution >= 4 is 33.8 Å². The summed E-state index contributed by atoms with van der Waals surface area (Å²) in [7, 11) is 0. The summed E-state index contributed by atoms with van der Waals surface area (Å²) in [5, 5.41) is 8.84. The molecule has 152 valence electrons. The maximum atomic E-state index is 12.7. The van der Waals surface area contributed by atoms with E-state index < -0.39 is 0 Å². The third-order valence-electron chi connectivity index (χ3n) is 4.17. The zero-order valence-corrected chi connectivity index (χ0v) is 17.7. The van der Waals surface area contributed by atoms with Crippen LogP contribution in [0.2, 0.25) is 0 Å². The fourth-order valence-electron chi connectivity index (χ4n) is 2.81. The third kappa shape index (κ3) is 5.96. The molecule has 0 aliphatic heterocycles. The number of nitrogens with two attached hydrogens (primary N) is 1. The number of thiazole rings is 1. The van der Waals surface area contributed by atoms with Crippen molar-refractivity contribution in [2.75, 3.05) is 22.9 Å². The van der Waals surface area contributed by atoms with Gasteiger partial charge in [-0.15, -0.1) is 11.3 Å². The molecule has 0 radical (unpaired) electrons. The lowest BCUT2D eigenvalue weighted by Gasteiger charge is -2.15. The number of aryl methyl sites for hydroxylation is 1. The molecule has 0 bridgehead atoms. The lowest BCUT2D eigenvalue weighted by atomic mass is 10.1. The minimum absolute atomic E-state index is 0.00516. The van der Waals surface area contributed by atoms with Gasteiger partial charge in [-0.25, -0.2) is 4.98 Å². The molecule has 0 saturated heterocycles. The Morgan fingerprint density at radius 2 is 1.90 bits per heavy atom. The first-order valence-electron chi connectivity index (χ1n) is 9.53. The van der Waals surface area contributed by atoms with Crippen molar-refractivity contribution in [3.8, 4) is 5.75 Å². The zero-order valence-electron chi connectivity index (χ0n) is 16.9. The summed E-state index contributed by atoms with van der Waals surface area (Å²) >= 11 is 1.45. The van der Waals surface area contributed by atoms with Crippen molar-refractivity contribution < 1.29 is 9.53 Å². The van der Waals surface area contributed by atoms with Gasteiger partial charge in [0.2, 0.25) is 0 Å². The van der Waals surface area contributed by atoms with Gasteiger partial charge in [0.1, 0.15) is 5.75 Å². The number of nitrogens with one attached hydrogen (secondary N) is 2. The van der Waals surface area contributed by atoms with Crippen LogP contribution in [0.3, 0.4) is 0 Å². The van der Waals surface area contributed by atoms with Crippen molar-refractivity contribution in [3.05, 3.63) is 64.7 Å². The molecule has 7 heteroatoms. The summed E-state index contributed by atoms with van der Waals surface area (Å²) in [5.74, 6) is 0.404. The number of nitrogens with zero attached hydrogens (tertiary/aromatic N) is 1. The number of anilines is 3. The Labute approximate surface area is 175 Å². The summed E-state index contributed by atoms with van der Waals surface area (Å²) in [6, 6.07) is 13.2. The third-order valence-corrected chi connectivity index (χ3v) is 4.89. The van der Waals surface area contributed by atoms with Crippen molar-refractivity contribution in [1.82, 2.24) is 4.98 Å². The molecule has 0 aliphatic carbocycles. The van der Waals surface area contributed by atoms with Crippen LogP contribution in [0.15, 0.2) is 47.8 Å². The quantitative estimate of drug-likeness (QED) is 0.500. The summed E-state index contributed by atoms with van der Waals surface area (Å²) in [6.07, 6.45) is 0.799. The Bertz CT molecular complexity index is 967. The Morgan fingerprint density at radius 3 is 2.55 bits per heavy atom. The van der Waals surface area contributed by atoms with Crippen molar-refractivity contribution in [3.63, 3.8) is 0 Å². The van der Waals surface area contributed by atoms with Crippen LogP contribution in [-0.4, -0.2) is 23.5 Å². The van der Waals surface area contributed by atoms with Gasteiger partial charge in [0.15, 0.2) is 5.13 Å². The fraction of sp³-hybridized carbons (Fsp3) is 0.273. The molecule has 1 aromatic heterocycles. The number of ether oxygens (including phenoxy) is 1. The van der Waals surface area contributed by atoms with E-state index >= 15 is 0 Å². The first-order chi connectivity index (χ1) is 13.9. The fourth-order valence-corrected chi connectivity index (χ4v) is 3.41. The van der Waals surface area contributed by atoms with Crippen LogP contribution in [0.25, 0.3) is 0 Å². The Kier molecular flexibility index (Phi) is 6.72. The molecular weight excluding hydrogens is 384 g/mol. The minimum atomic E-state index is -0.192. The van der Waals surface area contributed by atoms with Gasteiger partial charge in [0.25, 0.3) is 5.91 Å². The Morgan fingerprint density at radius 1 is 1.17 bits per heavy atom. The average molecular weight is 411 g/mol. The first kappa shape index (κ1) is 20.7. The van der Waals surface area contributed by atoms with Crippen LogP contribution in [0, 0.1) is 6.92 Å². The van der Waals surface area contributed by atoms with E-state index in [1.54, 1.807) is 6.07 Å². The van der Waals surface area contributed by atoms with E-state index in [1.807, 2.05) is 62.5 Å². The zero-order chi connectivity index (χ0) is 20.8. The molecule has 1 heterocycles. The lowest BCUT2D eigenvalue weighted by molar-refractivity contribution is 0.102. The number of amides is 1. The molecule has 2 aromatic carbocycles. The largest absolute Gasteiger partial charge is 0.490 e. The summed E-state index contributed by atoms with van der Waals surface area (Å²) in [5.41, 5.74) is 9.91. The molecule has 29 heavy (non-hydrogen) atoms. The highest BCUT2D eigenvalue weighted by Crippen LogP contribution is 2.23. The molecule has 3 aromatic rings. The van der Waals surface area contributed by atoms with E-state index in [0.29, 0.717) is 16.4 Å². The molecule has 6 nitrogen and oxygen atoms in total. The highest BCUT2D eigenvalue weighted by Gasteiger charge is 2.14. The van der Waals surface area contributed by atoms with Gasteiger partial charge < -0.3 is 21.1 Å². The molecule has 0 aliphatic rings. The minimum Gasteiger partial charge on any atom is -0.490 e. The van der Waals surface area contributed by atoms with E-state index in [2.05, 4.69) is 15.6 Å². The molecule has 0 spiro atoms. The number of hydrogen-bond donors (Lipinski definition) is 3.